The molecule has 0 saturated carbocycles. The van der Waals surface area contributed by atoms with E-state index in [0.717, 1.165) is 5.69 Å². The summed E-state index contributed by atoms with van der Waals surface area (Å²) in [6.07, 6.45) is 3.29. The molecule has 1 amide bonds. The Morgan fingerprint density at radius 3 is 2.71 bits per heavy atom. The molecule has 0 unspecified atom stereocenters. The Morgan fingerprint density at radius 1 is 1.41 bits per heavy atom. The molecule has 0 aromatic carbocycles. The monoisotopic (exact) mass is 297 g/mol. The summed E-state index contributed by atoms with van der Waals surface area (Å²) >= 11 is 3.29. The third kappa shape index (κ3) is 2.38. The van der Waals surface area contributed by atoms with Gasteiger partial charge in [0.2, 0.25) is 0 Å². The molecule has 90 valence electrons. The minimum Gasteiger partial charge on any atom is -0.345 e. The minimum absolute atomic E-state index is 0.168. The lowest BCUT2D eigenvalue weighted by molar-refractivity contribution is 0.0940. The van der Waals surface area contributed by atoms with Crippen LogP contribution in [0.5, 0.6) is 0 Å². The van der Waals surface area contributed by atoms with Crippen molar-refractivity contribution in [2.24, 2.45) is 14.1 Å². The van der Waals surface area contributed by atoms with E-state index in [9.17, 15) is 4.79 Å². The van der Waals surface area contributed by atoms with Gasteiger partial charge in [0.15, 0.2) is 0 Å². The molecule has 0 spiro atoms. The van der Waals surface area contributed by atoms with Crippen LogP contribution in [0.3, 0.4) is 0 Å². The Labute approximate surface area is 107 Å². The molecule has 0 radical (unpaired) electrons. The average Bonchev–Trinajstić information content (AvgIpc) is 2.83. The first kappa shape index (κ1) is 11.8. The van der Waals surface area contributed by atoms with Gasteiger partial charge in [-0.15, -0.1) is 0 Å². The molecule has 0 bridgehead atoms. The lowest BCUT2D eigenvalue weighted by atomic mass is 10.3. The highest BCUT2D eigenvalue weighted by Gasteiger charge is 2.15. The van der Waals surface area contributed by atoms with Crippen LogP contribution in [0.1, 0.15) is 16.2 Å². The first-order valence-electron chi connectivity index (χ1n) is 5.02. The molecule has 1 N–H and O–H groups in total. The van der Waals surface area contributed by atoms with Crippen molar-refractivity contribution in [3.8, 4) is 0 Å². The molecular weight excluding hydrogens is 286 g/mol. The molecule has 0 atom stereocenters. The first-order chi connectivity index (χ1) is 8.09. The first-order valence-corrected chi connectivity index (χ1v) is 5.81. The third-order valence-electron chi connectivity index (χ3n) is 2.46. The Bertz CT molecular complexity index is 525. The summed E-state index contributed by atoms with van der Waals surface area (Å²) in [5.41, 5.74) is 1.45. The standard InChI is InChI=1S/C10H12BrN5O/c1-15-7(3-4-13-15)5-12-10(17)9-8(11)6-14-16(9)2/h3-4,6H,5H2,1-2H3,(H,12,17). The number of hydrogen-bond acceptors (Lipinski definition) is 3. The van der Waals surface area contributed by atoms with Gasteiger partial charge < -0.3 is 5.32 Å². The van der Waals surface area contributed by atoms with Gasteiger partial charge >= 0.3 is 0 Å². The molecule has 0 aliphatic rings. The summed E-state index contributed by atoms with van der Waals surface area (Å²) in [4.78, 5) is 11.9. The minimum atomic E-state index is -0.168. The van der Waals surface area contributed by atoms with Crippen LogP contribution in [0.2, 0.25) is 0 Å². The molecule has 6 nitrogen and oxygen atoms in total. The third-order valence-corrected chi connectivity index (χ3v) is 3.04. The molecule has 0 aliphatic heterocycles. The van der Waals surface area contributed by atoms with Crippen molar-refractivity contribution in [2.45, 2.75) is 6.54 Å². The number of nitrogens with one attached hydrogen (secondary N) is 1. The summed E-state index contributed by atoms with van der Waals surface area (Å²) in [6.45, 7) is 0.437. The number of nitrogens with zero attached hydrogens (tertiary/aromatic N) is 4. The zero-order valence-corrected chi connectivity index (χ0v) is 11.1. The zero-order chi connectivity index (χ0) is 12.4. The van der Waals surface area contributed by atoms with Gasteiger partial charge in [-0.05, 0) is 22.0 Å². The summed E-state index contributed by atoms with van der Waals surface area (Å²) in [7, 11) is 3.56. The number of aromatic nitrogens is 4. The highest BCUT2D eigenvalue weighted by atomic mass is 79.9. The lowest BCUT2D eigenvalue weighted by Gasteiger charge is -2.06. The van der Waals surface area contributed by atoms with Crippen LogP contribution in [0, 0.1) is 0 Å². The predicted molar refractivity (Wildman–Crippen MR) is 65.3 cm³/mol. The number of aryl methyl sites for hydroxylation is 2. The molecule has 0 aliphatic carbocycles. The molecule has 17 heavy (non-hydrogen) atoms. The van der Waals surface area contributed by atoms with Gasteiger partial charge in [-0.3, -0.25) is 14.2 Å². The smallest absolute Gasteiger partial charge is 0.271 e. The van der Waals surface area contributed by atoms with Crippen LogP contribution < -0.4 is 5.32 Å². The van der Waals surface area contributed by atoms with Gasteiger partial charge in [0.1, 0.15) is 5.69 Å². The second-order valence-electron chi connectivity index (χ2n) is 3.59. The van der Waals surface area contributed by atoms with Crippen LogP contribution in [0.25, 0.3) is 0 Å². The van der Waals surface area contributed by atoms with Gasteiger partial charge in [0.25, 0.3) is 5.91 Å². The number of rotatable bonds is 3. The fourth-order valence-electron chi connectivity index (χ4n) is 1.50. The van der Waals surface area contributed by atoms with E-state index in [1.807, 2.05) is 13.1 Å². The van der Waals surface area contributed by atoms with Crippen molar-refractivity contribution in [3.05, 3.63) is 34.3 Å². The van der Waals surface area contributed by atoms with Crippen molar-refractivity contribution in [3.63, 3.8) is 0 Å². The van der Waals surface area contributed by atoms with E-state index in [4.69, 9.17) is 0 Å². The van der Waals surface area contributed by atoms with Crippen LogP contribution >= 0.6 is 15.9 Å². The molecule has 0 saturated heterocycles. The normalized spacial score (nSPS) is 10.5. The Morgan fingerprint density at radius 2 is 2.18 bits per heavy atom. The van der Waals surface area contributed by atoms with Crippen molar-refractivity contribution in [2.75, 3.05) is 0 Å². The molecule has 2 aromatic rings. The SMILES string of the molecule is Cn1nccc1CNC(=O)c1c(Br)cnn1C. The van der Waals surface area contributed by atoms with Crippen molar-refractivity contribution in [1.82, 2.24) is 24.9 Å². The number of carbonyl (C=O) groups excluding carboxylic acids is 1. The van der Waals surface area contributed by atoms with E-state index >= 15 is 0 Å². The van der Waals surface area contributed by atoms with Crippen molar-refractivity contribution < 1.29 is 4.79 Å². The van der Waals surface area contributed by atoms with Gasteiger partial charge in [-0.25, -0.2) is 0 Å². The Balaban J connectivity index is 2.06. The molecule has 2 rings (SSSR count). The summed E-state index contributed by atoms with van der Waals surface area (Å²) in [5, 5.41) is 10.8. The average molecular weight is 298 g/mol. The fraction of sp³-hybridized carbons (Fsp3) is 0.300. The molecule has 7 heteroatoms. The lowest BCUT2D eigenvalue weighted by Crippen LogP contribution is -2.26. The van der Waals surface area contributed by atoms with Gasteiger partial charge in [0, 0.05) is 20.3 Å². The number of hydrogen-bond donors (Lipinski definition) is 1. The summed E-state index contributed by atoms with van der Waals surface area (Å²) in [5.74, 6) is -0.168. The quantitative estimate of drug-likeness (QED) is 0.913. The van der Waals surface area contributed by atoms with Gasteiger partial charge in [-0.1, -0.05) is 0 Å². The predicted octanol–water partition coefficient (Wildman–Crippen LogP) is 0.846. The molecule has 0 fully saturated rings. The summed E-state index contributed by atoms with van der Waals surface area (Å²) < 4.78 is 3.93. The fourth-order valence-corrected chi connectivity index (χ4v) is 2.02. The topological polar surface area (TPSA) is 64.7 Å². The van der Waals surface area contributed by atoms with Crippen LogP contribution in [0.15, 0.2) is 22.9 Å². The Kier molecular flexibility index (Phi) is 3.28. The van der Waals surface area contributed by atoms with Crippen molar-refractivity contribution in [1.29, 1.82) is 0 Å². The maximum Gasteiger partial charge on any atom is 0.271 e. The maximum atomic E-state index is 11.9. The number of amides is 1. The van der Waals surface area contributed by atoms with E-state index in [-0.39, 0.29) is 5.91 Å². The second-order valence-corrected chi connectivity index (χ2v) is 4.45. The zero-order valence-electron chi connectivity index (χ0n) is 9.51. The number of carbonyl (C=O) groups is 1. The van der Waals surface area contributed by atoms with E-state index in [2.05, 4.69) is 31.4 Å². The van der Waals surface area contributed by atoms with Crippen molar-refractivity contribution >= 4 is 21.8 Å². The van der Waals surface area contributed by atoms with Gasteiger partial charge in [-0.2, -0.15) is 10.2 Å². The number of halogens is 1. The van der Waals surface area contributed by atoms with E-state index in [0.29, 0.717) is 16.7 Å². The largest absolute Gasteiger partial charge is 0.345 e. The van der Waals surface area contributed by atoms with Gasteiger partial charge in [0.05, 0.1) is 22.9 Å². The second kappa shape index (κ2) is 4.70. The molecule has 2 heterocycles. The van der Waals surface area contributed by atoms with Crippen LogP contribution in [-0.2, 0) is 20.6 Å². The van der Waals surface area contributed by atoms with E-state index in [1.165, 1.54) is 4.68 Å². The maximum absolute atomic E-state index is 11.9. The highest BCUT2D eigenvalue weighted by Crippen LogP contribution is 2.14. The summed E-state index contributed by atoms with van der Waals surface area (Å²) in [6, 6.07) is 1.86. The molecule has 2 aromatic heterocycles. The molecular formula is C10H12BrN5O. The highest BCUT2D eigenvalue weighted by molar-refractivity contribution is 9.10. The van der Waals surface area contributed by atoms with E-state index < -0.39 is 0 Å². The van der Waals surface area contributed by atoms with Crippen LogP contribution in [-0.4, -0.2) is 25.5 Å². The Hall–Kier alpha value is -1.63. The van der Waals surface area contributed by atoms with E-state index in [1.54, 1.807) is 24.1 Å². The van der Waals surface area contributed by atoms with Crippen LogP contribution in [0.4, 0.5) is 0 Å².